The summed E-state index contributed by atoms with van der Waals surface area (Å²) in [6.07, 6.45) is 0. The average Bonchev–Trinajstić information content (AvgIpc) is 1.86. The molecule has 0 bridgehead atoms. The third kappa shape index (κ3) is 1.06. The van der Waals surface area contributed by atoms with Gasteiger partial charge < -0.3 is 0 Å². The molecule has 0 radical (unpaired) electrons. The molecule has 0 fully saturated rings. The zero-order valence-corrected chi connectivity index (χ0v) is 6.90. The fourth-order valence-electron chi connectivity index (χ4n) is 0.275. The van der Waals surface area contributed by atoms with Gasteiger partial charge in [0.15, 0.2) is 0 Å². The Balaban J connectivity index is 3.05. The van der Waals surface area contributed by atoms with E-state index < -0.39 is 0 Å². The third-order valence-corrected chi connectivity index (χ3v) is 6.03. The number of hydrogen-bond donors (Lipinski definition) is 0. The van der Waals surface area contributed by atoms with Crippen LogP contribution in [-0.2, 0) is 0 Å². The molecule has 0 atom stereocenters. The molecule has 0 amide bonds. The van der Waals surface area contributed by atoms with Gasteiger partial charge in [0.1, 0.15) is 0 Å². The summed E-state index contributed by atoms with van der Waals surface area (Å²) < 4.78 is 1.72. The molecule has 0 aliphatic heterocycles. The van der Waals surface area contributed by atoms with E-state index in [4.69, 9.17) is 0 Å². The van der Waals surface area contributed by atoms with Gasteiger partial charge >= 0.3 is 49.1 Å². The van der Waals surface area contributed by atoms with Crippen LogP contribution in [0.25, 0.3) is 0 Å². The van der Waals surface area contributed by atoms with E-state index in [1.807, 2.05) is 0 Å². The van der Waals surface area contributed by atoms with Crippen molar-refractivity contribution in [2.45, 2.75) is 6.92 Å². The Kier molecular flexibility index (Phi) is 1.67. The van der Waals surface area contributed by atoms with Gasteiger partial charge in [-0.1, -0.05) is 0 Å². The summed E-state index contributed by atoms with van der Waals surface area (Å²) in [4.78, 5) is 4.62. The van der Waals surface area contributed by atoms with E-state index in [1.54, 1.807) is 3.31 Å². The Bertz CT molecular complexity index is 109. The normalized spacial score (nSPS) is 8.83. The first-order valence-corrected chi connectivity index (χ1v) is 5.40. The summed E-state index contributed by atoms with van der Waals surface area (Å²) in [6.45, 7) is 2.25. The van der Waals surface area contributed by atoms with Gasteiger partial charge in [0, 0.05) is 0 Å². The van der Waals surface area contributed by atoms with E-state index in [0.29, 0.717) is 0 Å². The van der Waals surface area contributed by atoms with Crippen LogP contribution in [0.1, 0.15) is 3.31 Å². The van der Waals surface area contributed by atoms with Gasteiger partial charge in [0.2, 0.25) is 0 Å². The first kappa shape index (κ1) is 4.80. The molecule has 2 heteroatoms. The van der Waals surface area contributed by atoms with Crippen LogP contribution in [0, 0.1) is 6.92 Å². The Morgan fingerprint density at radius 1 is 1.83 bits per heavy atom. The predicted octanol–water partition coefficient (Wildman–Crippen LogP) is 0.390. The molecule has 1 aromatic heterocycles. The van der Waals surface area contributed by atoms with Crippen LogP contribution in [0.3, 0.4) is 0 Å². The number of rotatable bonds is 0. The Hall–Kier alpha value is 0.649. The third-order valence-electron chi connectivity index (χ3n) is 0.524. The van der Waals surface area contributed by atoms with Crippen LogP contribution in [0.4, 0.5) is 0 Å². The molecule has 1 heterocycles. The van der Waals surface area contributed by atoms with E-state index in [9.17, 15) is 0 Å². The van der Waals surface area contributed by atoms with E-state index in [1.165, 1.54) is 0 Å². The van der Waals surface area contributed by atoms with Gasteiger partial charge in [0.05, 0.1) is 0 Å². The summed E-state index contributed by atoms with van der Waals surface area (Å²) in [6, 6.07) is 0. The second kappa shape index (κ2) is 2.09. The minimum absolute atomic E-state index is 0.792. The predicted molar refractivity (Wildman–Crippen MR) is 29.5 cm³/mol. The van der Waals surface area contributed by atoms with Crippen LogP contribution in [0.5, 0.6) is 0 Å². The van der Waals surface area contributed by atoms with Gasteiger partial charge in [0.25, 0.3) is 0 Å². The molecular weight excluding hydrogens is 206 g/mol. The summed E-state index contributed by atoms with van der Waals surface area (Å²) in [5, 5.41) is 0. The monoisotopic (exact) mass is 213 g/mol. The van der Waals surface area contributed by atoms with Crippen molar-refractivity contribution >= 4 is 29.0 Å². The summed E-state index contributed by atoms with van der Waals surface area (Å²) in [5.41, 5.74) is 0. The molecule has 0 unspecified atom stereocenters. The van der Waals surface area contributed by atoms with E-state index >= 15 is 0 Å². The maximum absolute atomic E-state index is 2.31. The zero-order chi connectivity index (χ0) is 4.41. The zero-order valence-electron chi connectivity index (χ0n) is 3.47. The molecule has 1 rings (SSSR count). The van der Waals surface area contributed by atoms with Gasteiger partial charge in [-0.2, -0.15) is 0 Å². The van der Waals surface area contributed by atoms with Crippen molar-refractivity contribution in [2.75, 3.05) is 0 Å². The summed E-state index contributed by atoms with van der Waals surface area (Å²) >= 11 is 1.58. The molecule has 0 aliphatic carbocycles. The minimum atomic E-state index is 0.792. The second-order valence-electron chi connectivity index (χ2n) is 0.999. The standard InChI is InChI=1S/C4H5Se2/c1-4-5-2-3-6-4/h2-3H,1H3/q+1. The van der Waals surface area contributed by atoms with Gasteiger partial charge in [-0.3, -0.25) is 0 Å². The van der Waals surface area contributed by atoms with Crippen molar-refractivity contribution in [1.82, 2.24) is 0 Å². The Labute approximate surface area is 49.3 Å². The van der Waals surface area contributed by atoms with Crippen molar-refractivity contribution < 1.29 is 0 Å². The average molecular weight is 211 g/mol. The summed E-state index contributed by atoms with van der Waals surface area (Å²) in [5.74, 6) is 0. The van der Waals surface area contributed by atoms with Crippen LogP contribution in [0.2, 0.25) is 0 Å². The molecule has 0 saturated carbocycles. The molecule has 1 aromatic rings. The van der Waals surface area contributed by atoms with E-state index in [2.05, 4.69) is 16.8 Å². The molecule has 0 aliphatic rings. The van der Waals surface area contributed by atoms with Crippen molar-refractivity contribution in [1.29, 1.82) is 0 Å². The van der Waals surface area contributed by atoms with Crippen LogP contribution in [-0.4, -0.2) is 29.0 Å². The fourth-order valence-corrected chi connectivity index (χ4v) is 4.46. The number of hydrogen-bond acceptors (Lipinski definition) is 0. The fraction of sp³-hybridized carbons (Fsp3) is 0.250. The van der Waals surface area contributed by atoms with Crippen LogP contribution in [0.15, 0.2) is 9.88 Å². The SMILES string of the molecule is Cc1[se]cc[se+]1. The molecule has 0 aromatic carbocycles. The van der Waals surface area contributed by atoms with Crippen LogP contribution >= 0.6 is 0 Å². The molecule has 0 saturated heterocycles. The quantitative estimate of drug-likeness (QED) is 0.544. The van der Waals surface area contributed by atoms with Crippen molar-refractivity contribution in [3.05, 3.63) is 13.2 Å². The van der Waals surface area contributed by atoms with Crippen molar-refractivity contribution in [3.8, 4) is 0 Å². The van der Waals surface area contributed by atoms with E-state index in [0.717, 1.165) is 29.0 Å². The first-order chi connectivity index (χ1) is 2.89. The van der Waals surface area contributed by atoms with E-state index in [-0.39, 0.29) is 0 Å². The molecule has 0 N–H and O–H groups in total. The van der Waals surface area contributed by atoms with Gasteiger partial charge in [-0.25, -0.2) is 0 Å². The summed E-state index contributed by atoms with van der Waals surface area (Å²) in [7, 11) is 0. The molecule has 0 spiro atoms. The molecular formula is C4H5Se2+. The topological polar surface area (TPSA) is 0 Å². The Morgan fingerprint density at radius 2 is 2.67 bits per heavy atom. The van der Waals surface area contributed by atoms with Gasteiger partial charge in [-0.15, -0.1) is 0 Å². The van der Waals surface area contributed by atoms with Crippen molar-refractivity contribution in [3.63, 3.8) is 0 Å². The molecule has 0 nitrogen and oxygen atoms in total. The molecule has 6 heavy (non-hydrogen) atoms. The maximum atomic E-state index is 2.31. The first-order valence-electron chi connectivity index (χ1n) is 1.71. The molecule has 32 valence electrons. The number of aryl methyl sites for hydroxylation is 1. The van der Waals surface area contributed by atoms with Gasteiger partial charge in [-0.05, 0) is 0 Å². The van der Waals surface area contributed by atoms with Crippen molar-refractivity contribution in [2.24, 2.45) is 0 Å². The van der Waals surface area contributed by atoms with Crippen LogP contribution < -0.4 is 0 Å². The Morgan fingerprint density at radius 3 is 2.83 bits per heavy atom. The second-order valence-corrected chi connectivity index (χ2v) is 7.01.